The highest BCUT2D eigenvalue weighted by molar-refractivity contribution is 7.14. The van der Waals surface area contributed by atoms with Crippen molar-refractivity contribution >= 4 is 33.3 Å². The van der Waals surface area contributed by atoms with Crippen LogP contribution in [0.4, 0.5) is 13.9 Å². The Kier molecular flexibility index (Phi) is 5.96. The van der Waals surface area contributed by atoms with Crippen molar-refractivity contribution in [1.82, 2.24) is 9.97 Å². The Morgan fingerprint density at radius 3 is 2.51 bits per heavy atom. The molecule has 0 aliphatic rings. The van der Waals surface area contributed by atoms with Gasteiger partial charge in [0.05, 0.1) is 29.6 Å². The predicted molar refractivity (Wildman–Crippen MR) is 134 cm³/mol. The number of carbonyl (C=O) groups excluding carboxylic acids is 1. The van der Waals surface area contributed by atoms with Crippen LogP contribution in [0.1, 0.15) is 15.9 Å². The zero-order valence-corrected chi connectivity index (χ0v) is 19.6. The maximum Gasteiger partial charge on any atom is 0.258 e. The minimum Gasteiger partial charge on any atom is -0.497 e. The van der Waals surface area contributed by atoms with E-state index < -0.39 is 11.6 Å². The summed E-state index contributed by atoms with van der Waals surface area (Å²) in [4.78, 5) is 22.6. The Hall–Kier alpha value is -4.17. The van der Waals surface area contributed by atoms with E-state index >= 15 is 0 Å². The molecule has 5 rings (SSSR count). The molecule has 0 saturated heterocycles. The van der Waals surface area contributed by atoms with E-state index in [1.807, 2.05) is 55.5 Å². The fourth-order valence-electron chi connectivity index (χ4n) is 3.94. The topological polar surface area (TPSA) is 64.1 Å². The number of methoxy groups -OCH3 is 1. The number of amides is 1. The highest BCUT2D eigenvalue weighted by atomic mass is 32.1. The number of pyridine rings is 1. The molecule has 0 radical (unpaired) electrons. The molecule has 1 N–H and O–H groups in total. The Bertz CT molecular complexity index is 1570. The van der Waals surface area contributed by atoms with E-state index in [9.17, 15) is 13.6 Å². The zero-order chi connectivity index (χ0) is 24.5. The van der Waals surface area contributed by atoms with Crippen LogP contribution in [0.5, 0.6) is 5.75 Å². The number of ether oxygens (including phenoxy) is 1. The highest BCUT2D eigenvalue weighted by Crippen LogP contribution is 2.32. The molecule has 0 bridgehead atoms. The number of anilines is 1. The lowest BCUT2D eigenvalue weighted by atomic mass is 9.97. The number of para-hydroxylation sites is 1. The first-order chi connectivity index (χ1) is 16.9. The minimum atomic E-state index is -0.715. The number of fused-ring (bicyclic) bond motifs is 1. The Morgan fingerprint density at radius 1 is 1.00 bits per heavy atom. The van der Waals surface area contributed by atoms with Gasteiger partial charge in [-0.2, -0.15) is 0 Å². The lowest BCUT2D eigenvalue weighted by molar-refractivity contribution is 0.102. The number of aromatic nitrogens is 2. The monoisotopic (exact) mass is 487 g/mol. The fourth-order valence-corrected chi connectivity index (χ4v) is 4.65. The van der Waals surface area contributed by atoms with Crippen LogP contribution in [0, 0.1) is 18.6 Å². The maximum absolute atomic E-state index is 14.2. The van der Waals surface area contributed by atoms with Gasteiger partial charge in [0.1, 0.15) is 17.4 Å². The molecule has 1 amide bonds. The largest absolute Gasteiger partial charge is 0.497 e. The van der Waals surface area contributed by atoms with Crippen LogP contribution in [-0.4, -0.2) is 23.0 Å². The first-order valence-corrected chi connectivity index (χ1v) is 11.6. The van der Waals surface area contributed by atoms with Gasteiger partial charge in [0.2, 0.25) is 0 Å². The number of benzene rings is 3. The van der Waals surface area contributed by atoms with Crippen molar-refractivity contribution in [3.05, 3.63) is 94.9 Å². The van der Waals surface area contributed by atoms with Crippen LogP contribution >= 0.6 is 11.3 Å². The molecule has 0 aliphatic heterocycles. The van der Waals surface area contributed by atoms with Gasteiger partial charge in [-0.1, -0.05) is 18.2 Å². The summed E-state index contributed by atoms with van der Waals surface area (Å²) in [7, 11) is 1.60. The second-order valence-electron chi connectivity index (χ2n) is 7.82. The molecule has 0 unspecified atom stereocenters. The summed E-state index contributed by atoms with van der Waals surface area (Å²) < 4.78 is 32.7. The van der Waals surface area contributed by atoms with E-state index in [2.05, 4.69) is 10.3 Å². The molecule has 0 fully saturated rings. The second kappa shape index (κ2) is 9.23. The SMILES string of the molecule is COc1ccc(-c2nc3ccccc3c(C(=O)Nc3nc(-c4ccc(F)cc4F)cs3)c2C)cc1. The molecular weight excluding hydrogens is 468 g/mol. The van der Waals surface area contributed by atoms with Gasteiger partial charge in [0.25, 0.3) is 5.91 Å². The molecule has 8 heteroatoms. The molecule has 0 atom stereocenters. The quantitative estimate of drug-likeness (QED) is 0.294. The second-order valence-corrected chi connectivity index (χ2v) is 8.68. The number of thiazole rings is 1. The summed E-state index contributed by atoms with van der Waals surface area (Å²) in [5.74, 6) is -1.00. The van der Waals surface area contributed by atoms with Crippen LogP contribution < -0.4 is 10.1 Å². The minimum absolute atomic E-state index is 0.162. The third kappa shape index (κ3) is 4.36. The van der Waals surface area contributed by atoms with Gasteiger partial charge in [-0.15, -0.1) is 11.3 Å². The van der Waals surface area contributed by atoms with Crippen LogP contribution in [0.15, 0.2) is 72.1 Å². The normalized spacial score (nSPS) is 11.0. The molecule has 0 saturated carbocycles. The van der Waals surface area contributed by atoms with Crippen molar-refractivity contribution in [2.75, 3.05) is 12.4 Å². The lowest BCUT2D eigenvalue weighted by Crippen LogP contribution is -2.15. The summed E-state index contributed by atoms with van der Waals surface area (Å²) in [6.45, 7) is 1.86. The van der Waals surface area contributed by atoms with Gasteiger partial charge in [-0.25, -0.2) is 18.7 Å². The average Bonchev–Trinajstić information content (AvgIpc) is 3.31. The van der Waals surface area contributed by atoms with Crippen molar-refractivity contribution in [1.29, 1.82) is 0 Å². The predicted octanol–water partition coefficient (Wildman–Crippen LogP) is 6.87. The number of halogens is 2. The van der Waals surface area contributed by atoms with Crippen molar-refractivity contribution < 1.29 is 18.3 Å². The van der Waals surface area contributed by atoms with E-state index in [-0.39, 0.29) is 11.5 Å². The number of carbonyl (C=O) groups is 1. The molecule has 0 spiro atoms. The molecule has 174 valence electrons. The van der Waals surface area contributed by atoms with Gasteiger partial charge in [-0.3, -0.25) is 10.1 Å². The van der Waals surface area contributed by atoms with Crippen LogP contribution in [0.2, 0.25) is 0 Å². The molecule has 2 aromatic heterocycles. The van der Waals surface area contributed by atoms with E-state index in [1.54, 1.807) is 12.5 Å². The van der Waals surface area contributed by atoms with Crippen molar-refractivity contribution in [2.45, 2.75) is 6.92 Å². The van der Waals surface area contributed by atoms with E-state index in [4.69, 9.17) is 9.72 Å². The number of nitrogens with one attached hydrogen (secondary N) is 1. The highest BCUT2D eigenvalue weighted by Gasteiger charge is 2.20. The Morgan fingerprint density at radius 2 is 1.77 bits per heavy atom. The molecule has 2 heterocycles. The summed E-state index contributed by atoms with van der Waals surface area (Å²) in [6, 6.07) is 18.2. The van der Waals surface area contributed by atoms with Crippen LogP contribution in [0.3, 0.4) is 0 Å². The summed E-state index contributed by atoms with van der Waals surface area (Å²) in [6.07, 6.45) is 0. The van der Waals surface area contributed by atoms with Crippen LogP contribution in [-0.2, 0) is 0 Å². The molecule has 5 aromatic rings. The molecule has 3 aromatic carbocycles. The standard InChI is InChI=1S/C27H19F2N3O2S/c1-15-24(26(33)32-27-31-23(14-35-27)19-12-9-17(28)13-21(19)29)20-5-3-4-6-22(20)30-25(15)16-7-10-18(34-2)11-8-16/h3-14H,1-2H3,(H,31,32,33). The Labute approximate surface area is 204 Å². The summed E-state index contributed by atoms with van der Waals surface area (Å²) in [5, 5.41) is 5.47. The number of hydrogen-bond donors (Lipinski definition) is 1. The maximum atomic E-state index is 14.2. The van der Waals surface area contributed by atoms with E-state index in [0.717, 1.165) is 28.7 Å². The van der Waals surface area contributed by atoms with E-state index in [0.29, 0.717) is 38.5 Å². The first-order valence-electron chi connectivity index (χ1n) is 10.7. The van der Waals surface area contributed by atoms with Crippen molar-refractivity contribution in [3.8, 4) is 28.3 Å². The third-order valence-corrected chi connectivity index (χ3v) is 6.42. The lowest BCUT2D eigenvalue weighted by Gasteiger charge is -2.14. The molecular formula is C27H19F2N3O2S. The Balaban J connectivity index is 1.53. The summed E-state index contributed by atoms with van der Waals surface area (Å²) in [5.41, 5.74) is 3.89. The number of rotatable bonds is 5. The fraction of sp³-hybridized carbons (Fsp3) is 0.0741. The smallest absolute Gasteiger partial charge is 0.258 e. The zero-order valence-electron chi connectivity index (χ0n) is 18.8. The van der Waals surface area contributed by atoms with Crippen LogP contribution in [0.25, 0.3) is 33.4 Å². The first kappa shape index (κ1) is 22.6. The van der Waals surface area contributed by atoms with E-state index in [1.165, 1.54) is 12.1 Å². The molecule has 0 aliphatic carbocycles. The van der Waals surface area contributed by atoms with Gasteiger partial charge in [0, 0.05) is 28.0 Å². The van der Waals surface area contributed by atoms with Crippen molar-refractivity contribution in [2.24, 2.45) is 0 Å². The van der Waals surface area contributed by atoms with Gasteiger partial charge in [0.15, 0.2) is 5.13 Å². The van der Waals surface area contributed by atoms with Gasteiger partial charge < -0.3 is 4.74 Å². The van der Waals surface area contributed by atoms with Crippen molar-refractivity contribution in [3.63, 3.8) is 0 Å². The number of nitrogens with zero attached hydrogens (tertiary/aromatic N) is 2. The van der Waals surface area contributed by atoms with Gasteiger partial charge >= 0.3 is 0 Å². The summed E-state index contributed by atoms with van der Waals surface area (Å²) >= 11 is 1.16. The number of hydrogen-bond acceptors (Lipinski definition) is 5. The molecule has 35 heavy (non-hydrogen) atoms. The average molecular weight is 488 g/mol. The van der Waals surface area contributed by atoms with Gasteiger partial charge in [-0.05, 0) is 55.0 Å². The molecule has 5 nitrogen and oxygen atoms in total. The third-order valence-electron chi connectivity index (χ3n) is 5.66.